The molecule has 1 atom stereocenters. The number of oxazole rings is 1. The second kappa shape index (κ2) is 7.17. The van der Waals surface area contributed by atoms with Crippen molar-refractivity contribution in [2.45, 2.75) is 26.3 Å². The van der Waals surface area contributed by atoms with Crippen molar-refractivity contribution in [3.63, 3.8) is 0 Å². The van der Waals surface area contributed by atoms with Crippen LogP contribution in [0.1, 0.15) is 40.8 Å². The predicted molar refractivity (Wildman–Crippen MR) is 83.6 cm³/mol. The number of nitrogens with one attached hydrogen (secondary N) is 1. The molecule has 0 saturated heterocycles. The van der Waals surface area contributed by atoms with Crippen LogP contribution in [-0.4, -0.2) is 41.4 Å². The molecule has 0 bridgehead atoms. The van der Waals surface area contributed by atoms with E-state index in [-0.39, 0.29) is 17.7 Å². The quantitative estimate of drug-likeness (QED) is 0.883. The average Bonchev–Trinajstić information content (AvgIpc) is 2.89. The Labute approximate surface area is 130 Å². The molecule has 2 aromatic rings. The van der Waals surface area contributed by atoms with Gasteiger partial charge in [-0.05, 0) is 33.2 Å². The monoisotopic (exact) mass is 302 g/mol. The van der Waals surface area contributed by atoms with Gasteiger partial charge < -0.3 is 9.73 Å². The van der Waals surface area contributed by atoms with E-state index in [1.807, 2.05) is 44.1 Å². The Kier molecular flexibility index (Phi) is 5.27. The Balaban J connectivity index is 2.06. The van der Waals surface area contributed by atoms with Crippen molar-refractivity contribution in [3.8, 4) is 0 Å². The van der Waals surface area contributed by atoms with Gasteiger partial charge in [0.2, 0.25) is 5.76 Å². The molecular formula is C16H22N4O2. The maximum Gasteiger partial charge on any atom is 0.289 e. The molecule has 0 aliphatic carbocycles. The van der Waals surface area contributed by atoms with Gasteiger partial charge in [-0.1, -0.05) is 13.0 Å². The van der Waals surface area contributed by atoms with Gasteiger partial charge in [-0.3, -0.25) is 14.7 Å². The van der Waals surface area contributed by atoms with E-state index < -0.39 is 0 Å². The number of aryl methyl sites for hydroxylation is 2. The van der Waals surface area contributed by atoms with Crippen LogP contribution >= 0.6 is 0 Å². The molecule has 1 N–H and O–H groups in total. The van der Waals surface area contributed by atoms with Gasteiger partial charge in [0.15, 0.2) is 5.89 Å². The maximum absolute atomic E-state index is 12.3. The number of aromatic nitrogens is 2. The highest BCUT2D eigenvalue weighted by Gasteiger charge is 2.20. The van der Waals surface area contributed by atoms with E-state index in [9.17, 15) is 4.79 Å². The molecular weight excluding hydrogens is 280 g/mol. The van der Waals surface area contributed by atoms with Crippen LogP contribution in [0, 0.1) is 6.92 Å². The number of amides is 1. The molecule has 0 fully saturated rings. The van der Waals surface area contributed by atoms with E-state index in [0.717, 1.165) is 5.69 Å². The lowest BCUT2D eigenvalue weighted by atomic mass is 10.1. The van der Waals surface area contributed by atoms with Crippen molar-refractivity contribution in [1.29, 1.82) is 0 Å². The van der Waals surface area contributed by atoms with E-state index in [4.69, 9.17) is 4.42 Å². The number of pyridine rings is 1. The first-order valence-electron chi connectivity index (χ1n) is 7.34. The molecule has 0 radical (unpaired) electrons. The summed E-state index contributed by atoms with van der Waals surface area (Å²) in [4.78, 5) is 22.9. The molecule has 0 aliphatic rings. The first-order chi connectivity index (χ1) is 10.5. The highest BCUT2D eigenvalue weighted by atomic mass is 16.4. The smallest absolute Gasteiger partial charge is 0.289 e. The van der Waals surface area contributed by atoms with Crippen LogP contribution in [0.25, 0.3) is 0 Å². The number of carbonyl (C=O) groups is 1. The first kappa shape index (κ1) is 16.2. The summed E-state index contributed by atoms with van der Waals surface area (Å²) in [5.41, 5.74) is 1.53. The highest BCUT2D eigenvalue weighted by molar-refractivity contribution is 5.92. The summed E-state index contributed by atoms with van der Waals surface area (Å²) in [6.45, 7) is 4.17. The number of likely N-dealkylation sites (N-methyl/N-ethyl adjacent to an activating group) is 1. The summed E-state index contributed by atoms with van der Waals surface area (Å²) in [6.07, 6.45) is 2.42. The Morgan fingerprint density at radius 1 is 1.41 bits per heavy atom. The van der Waals surface area contributed by atoms with Gasteiger partial charge in [0.1, 0.15) is 0 Å². The van der Waals surface area contributed by atoms with Crippen molar-refractivity contribution >= 4 is 5.91 Å². The fourth-order valence-electron chi connectivity index (χ4n) is 2.21. The molecule has 6 nitrogen and oxygen atoms in total. The number of carbonyl (C=O) groups excluding carboxylic acids is 1. The van der Waals surface area contributed by atoms with Crippen LogP contribution in [0.3, 0.4) is 0 Å². The van der Waals surface area contributed by atoms with Gasteiger partial charge in [-0.15, -0.1) is 0 Å². The van der Waals surface area contributed by atoms with Crippen molar-refractivity contribution in [1.82, 2.24) is 20.2 Å². The van der Waals surface area contributed by atoms with Crippen LogP contribution < -0.4 is 5.32 Å². The molecule has 1 amide bonds. The maximum atomic E-state index is 12.3. The van der Waals surface area contributed by atoms with Crippen LogP contribution in [0.4, 0.5) is 0 Å². The molecule has 0 aromatic carbocycles. The van der Waals surface area contributed by atoms with E-state index >= 15 is 0 Å². The molecule has 0 spiro atoms. The summed E-state index contributed by atoms with van der Waals surface area (Å²) in [6, 6.07) is 5.76. The van der Waals surface area contributed by atoms with Crippen molar-refractivity contribution < 1.29 is 9.21 Å². The molecule has 22 heavy (non-hydrogen) atoms. The molecule has 2 rings (SSSR count). The molecule has 2 aromatic heterocycles. The van der Waals surface area contributed by atoms with Crippen molar-refractivity contribution in [3.05, 3.63) is 47.4 Å². The highest BCUT2D eigenvalue weighted by Crippen LogP contribution is 2.15. The minimum atomic E-state index is -0.243. The third kappa shape index (κ3) is 3.71. The summed E-state index contributed by atoms with van der Waals surface area (Å²) in [5, 5.41) is 2.90. The lowest BCUT2D eigenvalue weighted by molar-refractivity contribution is 0.0911. The van der Waals surface area contributed by atoms with Crippen LogP contribution in [0.5, 0.6) is 0 Å². The number of rotatable bonds is 6. The summed E-state index contributed by atoms with van der Waals surface area (Å²) < 4.78 is 5.47. The molecule has 1 unspecified atom stereocenters. The fraction of sp³-hybridized carbons (Fsp3) is 0.438. The van der Waals surface area contributed by atoms with Gasteiger partial charge in [-0.25, -0.2) is 4.98 Å². The standard InChI is InChI=1S/C16H22N4O2/c1-5-14-19-11(2)15(22-14)16(21)18-10-13(20(3)4)12-8-6-7-9-17-12/h6-9,13H,5,10H2,1-4H3,(H,18,21). The van der Waals surface area contributed by atoms with Gasteiger partial charge in [0.05, 0.1) is 17.4 Å². The number of hydrogen-bond acceptors (Lipinski definition) is 5. The average molecular weight is 302 g/mol. The number of hydrogen-bond donors (Lipinski definition) is 1. The van der Waals surface area contributed by atoms with E-state index in [0.29, 0.717) is 24.6 Å². The predicted octanol–water partition coefficient (Wildman–Crippen LogP) is 1.97. The van der Waals surface area contributed by atoms with E-state index in [1.165, 1.54) is 0 Å². The Morgan fingerprint density at radius 3 is 2.73 bits per heavy atom. The zero-order valence-electron chi connectivity index (χ0n) is 13.5. The Morgan fingerprint density at radius 2 is 2.18 bits per heavy atom. The SMILES string of the molecule is CCc1nc(C)c(C(=O)NCC(c2ccccn2)N(C)C)o1. The summed E-state index contributed by atoms with van der Waals surface area (Å²) >= 11 is 0. The Bertz CT molecular complexity index is 622. The molecule has 6 heteroatoms. The van der Waals surface area contributed by atoms with Crippen molar-refractivity contribution in [2.24, 2.45) is 0 Å². The molecule has 0 aliphatic heterocycles. The minimum Gasteiger partial charge on any atom is -0.435 e. The van der Waals surface area contributed by atoms with Crippen LogP contribution in [0.2, 0.25) is 0 Å². The lowest BCUT2D eigenvalue weighted by Gasteiger charge is -2.23. The van der Waals surface area contributed by atoms with Gasteiger partial charge in [0.25, 0.3) is 5.91 Å². The molecule has 118 valence electrons. The van der Waals surface area contributed by atoms with Crippen LogP contribution in [-0.2, 0) is 6.42 Å². The lowest BCUT2D eigenvalue weighted by Crippen LogP contribution is -2.35. The van der Waals surface area contributed by atoms with E-state index in [2.05, 4.69) is 15.3 Å². The number of nitrogens with zero attached hydrogens (tertiary/aromatic N) is 3. The second-order valence-electron chi connectivity index (χ2n) is 5.32. The van der Waals surface area contributed by atoms with Crippen molar-refractivity contribution in [2.75, 3.05) is 20.6 Å². The normalized spacial score (nSPS) is 12.4. The molecule has 2 heterocycles. The first-order valence-corrected chi connectivity index (χ1v) is 7.34. The zero-order valence-corrected chi connectivity index (χ0v) is 13.5. The topological polar surface area (TPSA) is 71.3 Å². The van der Waals surface area contributed by atoms with Gasteiger partial charge in [-0.2, -0.15) is 0 Å². The minimum absolute atomic E-state index is 0.000905. The summed E-state index contributed by atoms with van der Waals surface area (Å²) in [5.74, 6) is 0.624. The zero-order chi connectivity index (χ0) is 16.1. The van der Waals surface area contributed by atoms with Gasteiger partial charge in [0, 0.05) is 19.2 Å². The third-order valence-corrected chi connectivity index (χ3v) is 3.46. The van der Waals surface area contributed by atoms with Gasteiger partial charge >= 0.3 is 0 Å². The fourth-order valence-corrected chi connectivity index (χ4v) is 2.21. The van der Waals surface area contributed by atoms with E-state index in [1.54, 1.807) is 13.1 Å². The second-order valence-corrected chi connectivity index (χ2v) is 5.32. The summed E-state index contributed by atoms with van der Waals surface area (Å²) in [7, 11) is 3.92. The Hall–Kier alpha value is -2.21. The largest absolute Gasteiger partial charge is 0.435 e. The van der Waals surface area contributed by atoms with Crippen LogP contribution in [0.15, 0.2) is 28.8 Å². The third-order valence-electron chi connectivity index (χ3n) is 3.46. The molecule has 0 saturated carbocycles.